The topological polar surface area (TPSA) is 52.7 Å². The zero-order valence-electron chi connectivity index (χ0n) is 14.2. The van der Waals surface area contributed by atoms with Crippen molar-refractivity contribution in [3.63, 3.8) is 0 Å². The lowest BCUT2D eigenvalue weighted by molar-refractivity contribution is -0.132. The highest BCUT2D eigenvalue weighted by Crippen LogP contribution is 2.17. The number of benzene rings is 1. The molecule has 1 aromatic rings. The molecule has 3 rings (SSSR count). The molecular formula is C18H25Cl2N3O2. The molecule has 2 amide bonds. The summed E-state index contributed by atoms with van der Waals surface area (Å²) in [6.45, 7) is 4.56. The van der Waals surface area contributed by atoms with Gasteiger partial charge in [-0.25, -0.2) is 0 Å². The molecule has 7 heteroatoms. The third-order valence-corrected chi connectivity index (χ3v) is 5.19. The molecule has 0 spiro atoms. The van der Waals surface area contributed by atoms with Gasteiger partial charge in [0.25, 0.3) is 5.91 Å². The Balaban J connectivity index is 0.00000225. The summed E-state index contributed by atoms with van der Waals surface area (Å²) in [6, 6.07) is 6.95. The van der Waals surface area contributed by atoms with Crippen LogP contribution in [0.1, 0.15) is 29.6 Å². The number of hydrogen-bond acceptors (Lipinski definition) is 3. The summed E-state index contributed by atoms with van der Waals surface area (Å²) >= 11 is 5.86. The molecule has 0 saturated carbocycles. The molecule has 0 radical (unpaired) electrons. The van der Waals surface area contributed by atoms with Crippen LogP contribution >= 0.6 is 24.0 Å². The number of nitrogens with zero attached hydrogens (tertiary/aromatic N) is 2. The summed E-state index contributed by atoms with van der Waals surface area (Å²) < 4.78 is 0. The van der Waals surface area contributed by atoms with Gasteiger partial charge < -0.3 is 15.1 Å². The van der Waals surface area contributed by atoms with E-state index in [9.17, 15) is 9.59 Å². The van der Waals surface area contributed by atoms with Gasteiger partial charge in [0.2, 0.25) is 5.91 Å². The van der Waals surface area contributed by atoms with E-state index in [4.69, 9.17) is 11.6 Å². The average molecular weight is 386 g/mol. The number of carbonyl (C=O) groups excluding carboxylic acids is 2. The fourth-order valence-electron chi connectivity index (χ4n) is 3.38. The lowest BCUT2D eigenvalue weighted by Gasteiger charge is -2.35. The second-order valence-electron chi connectivity index (χ2n) is 6.58. The second kappa shape index (κ2) is 9.41. The first-order valence-electron chi connectivity index (χ1n) is 8.67. The molecule has 5 nitrogen and oxygen atoms in total. The van der Waals surface area contributed by atoms with Gasteiger partial charge >= 0.3 is 0 Å². The molecular weight excluding hydrogens is 361 g/mol. The minimum Gasteiger partial charge on any atom is -0.339 e. The summed E-state index contributed by atoms with van der Waals surface area (Å²) in [5.41, 5.74) is 0.646. The molecule has 25 heavy (non-hydrogen) atoms. The quantitative estimate of drug-likeness (QED) is 0.865. The Labute approximate surface area is 160 Å². The molecule has 1 N–H and O–H groups in total. The van der Waals surface area contributed by atoms with Crippen molar-refractivity contribution in [1.29, 1.82) is 0 Å². The van der Waals surface area contributed by atoms with Crippen molar-refractivity contribution in [2.45, 2.75) is 19.3 Å². The summed E-state index contributed by atoms with van der Waals surface area (Å²) in [7, 11) is 0. The van der Waals surface area contributed by atoms with Crippen molar-refractivity contribution in [3.05, 3.63) is 34.9 Å². The van der Waals surface area contributed by atoms with Gasteiger partial charge in [0.1, 0.15) is 0 Å². The predicted octanol–water partition coefficient (Wildman–Crippen LogP) is 2.44. The Morgan fingerprint density at radius 2 is 1.72 bits per heavy atom. The molecule has 2 heterocycles. The second-order valence-corrected chi connectivity index (χ2v) is 7.01. The lowest BCUT2D eigenvalue weighted by Crippen LogP contribution is -2.50. The van der Waals surface area contributed by atoms with Crippen LogP contribution in [0.25, 0.3) is 0 Å². The predicted molar refractivity (Wildman–Crippen MR) is 101 cm³/mol. The van der Waals surface area contributed by atoms with Crippen molar-refractivity contribution >= 4 is 35.8 Å². The van der Waals surface area contributed by atoms with Gasteiger partial charge in [0.05, 0.1) is 0 Å². The van der Waals surface area contributed by atoms with E-state index in [0.717, 1.165) is 19.5 Å². The van der Waals surface area contributed by atoms with Crippen LogP contribution in [-0.4, -0.2) is 60.9 Å². The summed E-state index contributed by atoms with van der Waals surface area (Å²) in [5, 5.41) is 3.96. The van der Waals surface area contributed by atoms with Crippen LogP contribution in [0.3, 0.4) is 0 Å². The number of hydrogen-bond donors (Lipinski definition) is 1. The van der Waals surface area contributed by atoms with Crippen LogP contribution in [0.2, 0.25) is 5.02 Å². The highest BCUT2D eigenvalue weighted by molar-refractivity contribution is 6.30. The maximum absolute atomic E-state index is 12.5. The summed E-state index contributed by atoms with van der Waals surface area (Å²) in [5.74, 6) is 0.873. The fourth-order valence-corrected chi connectivity index (χ4v) is 3.51. The molecule has 0 aliphatic carbocycles. The van der Waals surface area contributed by atoms with E-state index < -0.39 is 0 Å². The molecule has 2 saturated heterocycles. The van der Waals surface area contributed by atoms with E-state index in [2.05, 4.69) is 5.32 Å². The van der Waals surface area contributed by atoms with Crippen LogP contribution in [0.4, 0.5) is 0 Å². The number of halogens is 2. The number of amides is 2. The molecule has 1 atom stereocenters. The Morgan fingerprint density at radius 3 is 2.32 bits per heavy atom. The van der Waals surface area contributed by atoms with E-state index in [1.165, 1.54) is 6.42 Å². The van der Waals surface area contributed by atoms with E-state index in [1.54, 1.807) is 24.3 Å². The minimum atomic E-state index is 0. The van der Waals surface area contributed by atoms with Crippen molar-refractivity contribution in [2.75, 3.05) is 39.3 Å². The number of nitrogens with one attached hydrogen (secondary N) is 1. The Bertz CT molecular complexity index is 580. The van der Waals surface area contributed by atoms with Gasteiger partial charge in [-0.2, -0.15) is 0 Å². The Hall–Kier alpha value is -1.30. The molecule has 2 aliphatic rings. The third-order valence-electron chi connectivity index (χ3n) is 4.94. The van der Waals surface area contributed by atoms with Crippen molar-refractivity contribution in [1.82, 2.24) is 15.1 Å². The largest absolute Gasteiger partial charge is 0.339 e. The molecule has 2 fully saturated rings. The SMILES string of the molecule is Cl.O=C(CCC1CCNC1)N1CCN(C(=O)c2ccc(Cl)cc2)CC1. The third kappa shape index (κ3) is 5.33. The van der Waals surface area contributed by atoms with Gasteiger partial charge in [-0.3, -0.25) is 9.59 Å². The van der Waals surface area contributed by atoms with Crippen molar-refractivity contribution in [3.8, 4) is 0 Å². The van der Waals surface area contributed by atoms with Crippen LogP contribution in [-0.2, 0) is 4.79 Å². The van der Waals surface area contributed by atoms with Gasteiger partial charge in [0, 0.05) is 43.2 Å². The maximum atomic E-state index is 12.5. The lowest BCUT2D eigenvalue weighted by atomic mass is 10.0. The summed E-state index contributed by atoms with van der Waals surface area (Å²) in [4.78, 5) is 28.5. The highest BCUT2D eigenvalue weighted by Gasteiger charge is 2.25. The summed E-state index contributed by atoms with van der Waals surface area (Å²) in [6.07, 6.45) is 2.77. The van der Waals surface area contributed by atoms with Crippen LogP contribution in [0, 0.1) is 5.92 Å². The number of rotatable bonds is 4. The van der Waals surface area contributed by atoms with Gasteiger partial charge in [-0.15, -0.1) is 12.4 Å². The molecule has 1 aromatic carbocycles. The zero-order chi connectivity index (χ0) is 16.9. The Morgan fingerprint density at radius 1 is 1.08 bits per heavy atom. The first kappa shape index (κ1) is 20.0. The van der Waals surface area contributed by atoms with Crippen LogP contribution in [0.5, 0.6) is 0 Å². The Kier molecular flexibility index (Phi) is 7.54. The fraction of sp³-hybridized carbons (Fsp3) is 0.556. The van der Waals surface area contributed by atoms with Gasteiger partial charge in [-0.1, -0.05) is 11.6 Å². The first-order valence-corrected chi connectivity index (χ1v) is 9.04. The molecule has 2 aliphatic heterocycles. The number of carbonyl (C=O) groups is 2. The van der Waals surface area contributed by atoms with E-state index in [0.29, 0.717) is 49.1 Å². The number of piperazine rings is 1. The van der Waals surface area contributed by atoms with Crippen LogP contribution in [0.15, 0.2) is 24.3 Å². The van der Waals surface area contributed by atoms with Crippen molar-refractivity contribution in [2.24, 2.45) is 5.92 Å². The molecule has 0 bridgehead atoms. The van der Waals surface area contributed by atoms with Gasteiger partial charge in [-0.05, 0) is 56.1 Å². The zero-order valence-corrected chi connectivity index (χ0v) is 15.8. The molecule has 138 valence electrons. The molecule has 0 aromatic heterocycles. The van der Waals surface area contributed by atoms with Crippen LogP contribution < -0.4 is 5.32 Å². The monoisotopic (exact) mass is 385 g/mol. The van der Waals surface area contributed by atoms with E-state index in [-0.39, 0.29) is 24.2 Å². The van der Waals surface area contributed by atoms with Crippen molar-refractivity contribution < 1.29 is 9.59 Å². The standard InChI is InChI=1S/C18H24ClN3O2.ClH/c19-16-4-2-15(3-5-16)18(24)22-11-9-21(10-12-22)17(23)6-1-14-7-8-20-13-14;/h2-5,14,20H,1,6-13H2;1H. The maximum Gasteiger partial charge on any atom is 0.253 e. The van der Waals surface area contributed by atoms with Gasteiger partial charge in [0.15, 0.2) is 0 Å². The minimum absolute atomic E-state index is 0. The first-order chi connectivity index (χ1) is 11.6. The van der Waals surface area contributed by atoms with E-state index >= 15 is 0 Å². The molecule has 1 unspecified atom stereocenters. The normalized spacial score (nSPS) is 20.3. The smallest absolute Gasteiger partial charge is 0.253 e. The average Bonchev–Trinajstić information content (AvgIpc) is 3.13. The highest BCUT2D eigenvalue weighted by atomic mass is 35.5. The van der Waals surface area contributed by atoms with E-state index in [1.807, 2.05) is 9.80 Å².